The Balaban J connectivity index is 2.47. The van der Waals surface area contributed by atoms with Crippen molar-refractivity contribution in [2.24, 2.45) is 5.92 Å². The van der Waals surface area contributed by atoms with Crippen LogP contribution in [0.2, 0.25) is 0 Å². The van der Waals surface area contributed by atoms with E-state index in [1.54, 1.807) is 0 Å². The number of ether oxygens (including phenoxy) is 2. The number of hydrogen-bond donors (Lipinski definition) is 1. The van der Waals surface area contributed by atoms with Crippen molar-refractivity contribution in [1.82, 2.24) is 0 Å². The third-order valence-corrected chi connectivity index (χ3v) is 2.94. The van der Waals surface area contributed by atoms with Gasteiger partial charge in [-0.05, 0) is 40.0 Å². The van der Waals surface area contributed by atoms with E-state index in [1.807, 2.05) is 20.8 Å². The fraction of sp³-hybridized carbons (Fsp3) is 0.818. The second-order valence-electron chi connectivity index (χ2n) is 4.21. The van der Waals surface area contributed by atoms with Crippen molar-refractivity contribution in [1.29, 1.82) is 0 Å². The molecule has 0 aliphatic carbocycles. The summed E-state index contributed by atoms with van der Waals surface area (Å²) in [5, 5.41) is 9.98. The summed E-state index contributed by atoms with van der Waals surface area (Å²) in [5.41, 5.74) is 0. The smallest absolute Gasteiger partial charge is 0.168 e. The highest BCUT2D eigenvalue weighted by Gasteiger charge is 2.34. The van der Waals surface area contributed by atoms with Gasteiger partial charge in [-0.25, -0.2) is 0 Å². The molecule has 2 atom stereocenters. The van der Waals surface area contributed by atoms with Crippen LogP contribution >= 0.6 is 22.6 Å². The molecule has 1 aliphatic rings. The van der Waals surface area contributed by atoms with Gasteiger partial charge in [-0.1, -0.05) is 13.0 Å². The average molecular weight is 326 g/mol. The lowest BCUT2D eigenvalue weighted by atomic mass is 9.97. The second-order valence-corrected chi connectivity index (χ2v) is 5.92. The molecule has 0 amide bonds. The van der Waals surface area contributed by atoms with E-state index in [0.29, 0.717) is 19.6 Å². The maximum atomic E-state index is 9.98. The van der Waals surface area contributed by atoms with Crippen LogP contribution in [0.15, 0.2) is 9.66 Å². The van der Waals surface area contributed by atoms with E-state index in [9.17, 15) is 5.11 Å². The summed E-state index contributed by atoms with van der Waals surface area (Å²) in [7, 11) is 0. The number of halogens is 1. The van der Waals surface area contributed by atoms with Crippen molar-refractivity contribution >= 4 is 22.6 Å². The minimum Gasteiger partial charge on any atom is -0.392 e. The molecule has 3 nitrogen and oxygen atoms in total. The summed E-state index contributed by atoms with van der Waals surface area (Å²) in [6.07, 6.45) is 2.16. The largest absolute Gasteiger partial charge is 0.392 e. The standard InChI is InChI=1S/C11H19IO3/c1-8(6-9(2)12)10(13)7-11(3)14-4-5-15-11/h6,8,10,13H,4-5,7H2,1-3H3/b9-6+/t8-,10+/m1/s1. The molecule has 0 aromatic rings. The predicted molar refractivity (Wildman–Crippen MR) is 67.9 cm³/mol. The second kappa shape index (κ2) is 5.61. The normalized spacial score (nSPS) is 25.3. The van der Waals surface area contributed by atoms with Gasteiger partial charge < -0.3 is 14.6 Å². The van der Waals surface area contributed by atoms with Crippen molar-refractivity contribution in [2.75, 3.05) is 13.2 Å². The highest BCUT2D eigenvalue weighted by atomic mass is 127. The van der Waals surface area contributed by atoms with Gasteiger partial charge in [-0.2, -0.15) is 0 Å². The lowest BCUT2D eigenvalue weighted by Gasteiger charge is -2.27. The zero-order valence-electron chi connectivity index (χ0n) is 9.50. The summed E-state index contributed by atoms with van der Waals surface area (Å²) >= 11 is 2.25. The molecule has 1 rings (SSSR count). The molecule has 1 N–H and O–H groups in total. The molecule has 0 aromatic heterocycles. The first-order valence-electron chi connectivity index (χ1n) is 5.23. The Morgan fingerprint density at radius 3 is 2.53 bits per heavy atom. The van der Waals surface area contributed by atoms with Crippen LogP contribution in [0.5, 0.6) is 0 Å². The Morgan fingerprint density at radius 1 is 1.53 bits per heavy atom. The summed E-state index contributed by atoms with van der Waals surface area (Å²) in [6.45, 7) is 7.16. The molecule has 0 bridgehead atoms. The molecule has 1 aliphatic heterocycles. The maximum Gasteiger partial charge on any atom is 0.168 e. The zero-order chi connectivity index (χ0) is 11.5. The molecule has 1 saturated heterocycles. The number of rotatable bonds is 4. The summed E-state index contributed by atoms with van der Waals surface area (Å²) < 4.78 is 12.1. The SMILES string of the molecule is C/C(I)=C\[C@@H](C)[C@@H](O)CC1(C)OCCO1. The van der Waals surface area contributed by atoms with Crippen molar-refractivity contribution < 1.29 is 14.6 Å². The lowest BCUT2D eigenvalue weighted by Crippen LogP contribution is -2.33. The molecule has 1 heterocycles. The molecule has 15 heavy (non-hydrogen) atoms. The van der Waals surface area contributed by atoms with E-state index in [0.717, 1.165) is 0 Å². The zero-order valence-corrected chi connectivity index (χ0v) is 11.7. The number of allylic oxidation sites excluding steroid dienone is 1. The van der Waals surface area contributed by atoms with Crippen LogP contribution in [0, 0.1) is 5.92 Å². The van der Waals surface area contributed by atoms with Gasteiger partial charge in [0.25, 0.3) is 0 Å². The van der Waals surface area contributed by atoms with Crippen LogP contribution in [-0.4, -0.2) is 30.2 Å². The van der Waals surface area contributed by atoms with Gasteiger partial charge in [0.2, 0.25) is 0 Å². The highest BCUT2D eigenvalue weighted by molar-refractivity contribution is 14.1. The van der Waals surface area contributed by atoms with E-state index in [4.69, 9.17) is 9.47 Å². The van der Waals surface area contributed by atoms with E-state index >= 15 is 0 Å². The summed E-state index contributed by atoms with van der Waals surface area (Å²) in [4.78, 5) is 0. The number of hydrogen-bond acceptors (Lipinski definition) is 3. The molecule has 0 aromatic carbocycles. The van der Waals surface area contributed by atoms with Crippen LogP contribution in [0.1, 0.15) is 27.2 Å². The van der Waals surface area contributed by atoms with Gasteiger partial charge in [-0.15, -0.1) is 0 Å². The van der Waals surface area contributed by atoms with Crippen molar-refractivity contribution in [3.05, 3.63) is 9.66 Å². The fourth-order valence-corrected chi connectivity index (χ4v) is 2.28. The van der Waals surface area contributed by atoms with Crippen LogP contribution in [0.4, 0.5) is 0 Å². The summed E-state index contributed by atoms with van der Waals surface area (Å²) in [6, 6.07) is 0. The molecular formula is C11H19IO3. The molecule has 0 spiro atoms. The molecule has 0 saturated carbocycles. The first-order chi connectivity index (χ1) is 6.93. The minimum atomic E-state index is -0.597. The fourth-order valence-electron chi connectivity index (χ4n) is 1.71. The van der Waals surface area contributed by atoms with Gasteiger partial charge in [-0.3, -0.25) is 0 Å². The van der Waals surface area contributed by atoms with Crippen molar-refractivity contribution in [2.45, 2.75) is 39.1 Å². The summed E-state index contributed by atoms with van der Waals surface area (Å²) in [5.74, 6) is -0.465. The highest BCUT2D eigenvalue weighted by Crippen LogP contribution is 2.27. The van der Waals surface area contributed by atoms with Crippen molar-refractivity contribution in [3.8, 4) is 0 Å². The number of aliphatic hydroxyl groups excluding tert-OH is 1. The monoisotopic (exact) mass is 326 g/mol. The van der Waals surface area contributed by atoms with Gasteiger partial charge in [0.1, 0.15) is 0 Å². The Bertz CT molecular complexity index is 230. The third kappa shape index (κ3) is 4.38. The lowest BCUT2D eigenvalue weighted by molar-refractivity contribution is -0.165. The van der Waals surface area contributed by atoms with E-state index in [-0.39, 0.29) is 5.92 Å². The van der Waals surface area contributed by atoms with Crippen LogP contribution < -0.4 is 0 Å². The van der Waals surface area contributed by atoms with Crippen LogP contribution in [0.3, 0.4) is 0 Å². The molecule has 0 unspecified atom stereocenters. The first-order valence-corrected chi connectivity index (χ1v) is 6.31. The first kappa shape index (κ1) is 13.4. The van der Waals surface area contributed by atoms with Gasteiger partial charge >= 0.3 is 0 Å². The van der Waals surface area contributed by atoms with Crippen LogP contribution in [0.25, 0.3) is 0 Å². The quantitative estimate of drug-likeness (QED) is 0.807. The maximum absolute atomic E-state index is 9.98. The molecule has 1 fully saturated rings. The molecule has 0 radical (unpaired) electrons. The number of aliphatic hydroxyl groups is 1. The molecular weight excluding hydrogens is 307 g/mol. The van der Waals surface area contributed by atoms with Crippen LogP contribution in [-0.2, 0) is 9.47 Å². The topological polar surface area (TPSA) is 38.7 Å². The minimum absolute atomic E-state index is 0.131. The van der Waals surface area contributed by atoms with E-state index < -0.39 is 11.9 Å². The van der Waals surface area contributed by atoms with Gasteiger partial charge in [0.15, 0.2) is 5.79 Å². The Morgan fingerprint density at radius 2 is 2.07 bits per heavy atom. The average Bonchev–Trinajstić information content (AvgIpc) is 2.50. The Hall–Kier alpha value is 0.350. The van der Waals surface area contributed by atoms with E-state index in [2.05, 4.69) is 28.7 Å². The van der Waals surface area contributed by atoms with Gasteiger partial charge in [0.05, 0.1) is 19.3 Å². The van der Waals surface area contributed by atoms with Crippen molar-refractivity contribution in [3.63, 3.8) is 0 Å². The van der Waals surface area contributed by atoms with E-state index in [1.165, 1.54) is 3.58 Å². The predicted octanol–water partition coefficient (Wildman–Crippen LogP) is 2.48. The van der Waals surface area contributed by atoms with Gasteiger partial charge in [0, 0.05) is 12.3 Å². The Labute approximate surface area is 105 Å². The third-order valence-electron chi connectivity index (χ3n) is 2.58. The Kier molecular flexibility index (Phi) is 5.02. The molecule has 88 valence electrons. The molecule has 4 heteroatoms.